The fourth-order valence-corrected chi connectivity index (χ4v) is 5.88. The topological polar surface area (TPSA) is 0 Å². The van der Waals surface area contributed by atoms with Crippen LogP contribution in [-0.2, 0) is 0 Å². The molecule has 0 fully saturated rings. The zero-order chi connectivity index (χ0) is 26.2. The minimum absolute atomic E-state index is 1.23. The summed E-state index contributed by atoms with van der Waals surface area (Å²) in [7, 11) is 0. The maximum absolute atomic E-state index is 2.28. The molecule has 0 saturated heterocycles. The Kier molecular flexibility index (Phi) is 5.79. The van der Waals surface area contributed by atoms with Gasteiger partial charge in [0.1, 0.15) is 0 Å². The molecule has 0 amide bonds. The molecule has 0 atom stereocenters. The lowest BCUT2D eigenvalue weighted by atomic mass is 9.83. The van der Waals surface area contributed by atoms with E-state index in [1.165, 1.54) is 71.6 Å². The van der Waals surface area contributed by atoms with Crippen LogP contribution in [0.2, 0.25) is 0 Å². The smallest absolute Gasteiger partial charge is 0.00201 e. The number of hydrogen-bond donors (Lipinski definition) is 0. The average Bonchev–Trinajstić information content (AvgIpc) is 3.01. The molecule has 7 aromatic rings. The first kappa shape index (κ1) is 23.2. The van der Waals surface area contributed by atoms with E-state index >= 15 is 0 Å². The monoisotopic (exact) mass is 496 g/mol. The van der Waals surface area contributed by atoms with Crippen molar-refractivity contribution in [3.63, 3.8) is 0 Å². The Morgan fingerprint density at radius 2 is 0.692 bits per heavy atom. The highest BCUT2D eigenvalue weighted by molar-refractivity contribution is 6.22. The molecular formula is C39H28. The van der Waals surface area contributed by atoms with Crippen molar-refractivity contribution in [2.75, 3.05) is 0 Å². The van der Waals surface area contributed by atoms with Gasteiger partial charge in [-0.05, 0) is 73.0 Å². The van der Waals surface area contributed by atoms with E-state index in [2.05, 4.69) is 159 Å². The van der Waals surface area contributed by atoms with E-state index in [0.717, 1.165) is 0 Å². The highest BCUT2D eigenvalue weighted by Crippen LogP contribution is 2.46. The van der Waals surface area contributed by atoms with Crippen molar-refractivity contribution >= 4 is 21.5 Å². The van der Waals surface area contributed by atoms with E-state index in [1.807, 2.05) is 0 Å². The summed E-state index contributed by atoms with van der Waals surface area (Å²) in [5.74, 6) is 0. The van der Waals surface area contributed by atoms with Gasteiger partial charge in [0.2, 0.25) is 0 Å². The van der Waals surface area contributed by atoms with E-state index in [4.69, 9.17) is 0 Å². The summed E-state index contributed by atoms with van der Waals surface area (Å²) < 4.78 is 0. The van der Waals surface area contributed by atoms with Gasteiger partial charge in [-0.1, -0.05) is 157 Å². The zero-order valence-corrected chi connectivity index (χ0v) is 21.9. The Balaban J connectivity index is 1.49. The first-order valence-electron chi connectivity index (χ1n) is 13.5. The van der Waals surface area contributed by atoms with E-state index < -0.39 is 0 Å². The highest BCUT2D eigenvalue weighted by atomic mass is 14.2. The molecule has 0 unspecified atom stereocenters. The number of benzene rings is 7. The van der Waals surface area contributed by atoms with E-state index in [-0.39, 0.29) is 0 Å². The van der Waals surface area contributed by atoms with Crippen molar-refractivity contribution in [3.05, 3.63) is 157 Å². The molecule has 0 saturated carbocycles. The lowest BCUT2D eigenvalue weighted by molar-refractivity contribution is 1.47. The maximum atomic E-state index is 2.28. The van der Waals surface area contributed by atoms with Crippen LogP contribution < -0.4 is 0 Å². The molecule has 0 spiro atoms. The number of hydrogen-bond acceptors (Lipinski definition) is 0. The maximum Gasteiger partial charge on any atom is -0.00201 e. The summed E-state index contributed by atoms with van der Waals surface area (Å²) >= 11 is 0. The van der Waals surface area contributed by atoms with Gasteiger partial charge in [-0.25, -0.2) is 0 Å². The molecule has 0 radical (unpaired) electrons. The van der Waals surface area contributed by atoms with Gasteiger partial charge >= 0.3 is 0 Å². The van der Waals surface area contributed by atoms with E-state index in [1.54, 1.807) is 0 Å². The second-order valence-corrected chi connectivity index (χ2v) is 10.2. The molecule has 0 aromatic heterocycles. The lowest BCUT2D eigenvalue weighted by Crippen LogP contribution is -1.92. The van der Waals surface area contributed by atoms with Crippen LogP contribution in [0.15, 0.2) is 152 Å². The fraction of sp³-hybridized carbons (Fsp3) is 0.0256. The van der Waals surface area contributed by atoms with Gasteiger partial charge in [0, 0.05) is 0 Å². The predicted octanol–water partition coefficient (Wildman–Crippen LogP) is 11.0. The molecule has 7 aromatic carbocycles. The van der Waals surface area contributed by atoms with Crippen molar-refractivity contribution in [1.29, 1.82) is 0 Å². The second-order valence-electron chi connectivity index (χ2n) is 10.2. The molecule has 0 nitrogen and oxygen atoms in total. The Labute approximate surface area is 229 Å². The molecule has 0 N–H and O–H groups in total. The van der Waals surface area contributed by atoms with Crippen LogP contribution in [0.4, 0.5) is 0 Å². The van der Waals surface area contributed by atoms with E-state index in [9.17, 15) is 0 Å². The Bertz CT molecular complexity index is 1870. The number of aryl methyl sites for hydroxylation is 1. The molecule has 0 aliphatic heterocycles. The molecule has 7 rings (SSSR count). The van der Waals surface area contributed by atoms with Gasteiger partial charge in [0.25, 0.3) is 0 Å². The van der Waals surface area contributed by atoms with Gasteiger partial charge in [-0.15, -0.1) is 0 Å². The van der Waals surface area contributed by atoms with Crippen LogP contribution in [0, 0.1) is 6.92 Å². The molecule has 0 heterocycles. The number of fused-ring (bicyclic) bond motifs is 2. The summed E-state index contributed by atoms with van der Waals surface area (Å²) in [6.45, 7) is 2.13. The predicted molar refractivity (Wildman–Crippen MR) is 168 cm³/mol. The van der Waals surface area contributed by atoms with Gasteiger partial charge < -0.3 is 0 Å². The van der Waals surface area contributed by atoms with Gasteiger partial charge in [-0.3, -0.25) is 0 Å². The quantitative estimate of drug-likeness (QED) is 0.213. The van der Waals surface area contributed by atoms with Gasteiger partial charge in [0.15, 0.2) is 0 Å². The van der Waals surface area contributed by atoms with Crippen molar-refractivity contribution in [2.24, 2.45) is 0 Å². The summed E-state index contributed by atoms with van der Waals surface area (Å²) in [5.41, 5.74) is 11.3. The second kappa shape index (κ2) is 9.74. The summed E-state index contributed by atoms with van der Waals surface area (Å²) in [6.07, 6.45) is 0. The third-order valence-corrected chi connectivity index (χ3v) is 7.77. The zero-order valence-electron chi connectivity index (χ0n) is 21.9. The van der Waals surface area contributed by atoms with Gasteiger partial charge in [-0.2, -0.15) is 0 Å². The summed E-state index contributed by atoms with van der Waals surface area (Å²) in [5, 5.41) is 5.10. The molecular weight excluding hydrogens is 468 g/mol. The van der Waals surface area contributed by atoms with Crippen LogP contribution >= 0.6 is 0 Å². The molecule has 39 heavy (non-hydrogen) atoms. The average molecular weight is 497 g/mol. The van der Waals surface area contributed by atoms with Crippen LogP contribution in [0.1, 0.15) is 5.56 Å². The summed E-state index contributed by atoms with van der Waals surface area (Å²) in [4.78, 5) is 0. The van der Waals surface area contributed by atoms with Crippen molar-refractivity contribution < 1.29 is 0 Å². The van der Waals surface area contributed by atoms with Crippen LogP contribution in [0.3, 0.4) is 0 Å². The van der Waals surface area contributed by atoms with Gasteiger partial charge in [0.05, 0.1) is 0 Å². The van der Waals surface area contributed by atoms with Crippen LogP contribution in [-0.4, -0.2) is 0 Å². The summed E-state index contributed by atoms with van der Waals surface area (Å²) in [6, 6.07) is 55.1. The Morgan fingerprint density at radius 3 is 1.26 bits per heavy atom. The molecule has 0 heteroatoms. The first-order chi connectivity index (χ1) is 19.3. The van der Waals surface area contributed by atoms with Crippen LogP contribution in [0.5, 0.6) is 0 Å². The SMILES string of the molecule is Cc1ccc(-c2ccc(-c3c4ccccc4c(-c4ccccc4-c4ccccc4)c4ccccc34)cc2)cc1. The number of rotatable bonds is 4. The Hall–Kier alpha value is -4.94. The lowest BCUT2D eigenvalue weighted by Gasteiger charge is -2.19. The Morgan fingerprint density at radius 1 is 0.282 bits per heavy atom. The first-order valence-corrected chi connectivity index (χ1v) is 13.5. The normalized spacial score (nSPS) is 11.2. The third-order valence-electron chi connectivity index (χ3n) is 7.77. The minimum atomic E-state index is 1.23. The molecule has 0 aliphatic carbocycles. The molecule has 0 aliphatic rings. The fourth-order valence-electron chi connectivity index (χ4n) is 5.88. The highest BCUT2D eigenvalue weighted by Gasteiger charge is 2.18. The third kappa shape index (κ3) is 4.11. The molecule has 0 bridgehead atoms. The van der Waals surface area contributed by atoms with Crippen molar-refractivity contribution in [3.8, 4) is 44.5 Å². The minimum Gasteiger partial charge on any atom is -0.0622 e. The van der Waals surface area contributed by atoms with E-state index in [0.29, 0.717) is 0 Å². The molecule has 184 valence electrons. The largest absolute Gasteiger partial charge is 0.0622 e. The van der Waals surface area contributed by atoms with Crippen LogP contribution in [0.25, 0.3) is 66.1 Å². The standard InChI is InChI=1S/C39H28/c1-27-19-21-28(22-20-27)29-23-25-31(26-24-29)38-34-15-7-9-17-36(34)39(37-18-10-8-16-35(37)38)33-14-6-5-13-32(33)30-11-3-2-4-12-30/h2-26H,1H3. The van der Waals surface area contributed by atoms with Crippen molar-refractivity contribution in [1.82, 2.24) is 0 Å². The van der Waals surface area contributed by atoms with Crippen molar-refractivity contribution in [2.45, 2.75) is 6.92 Å².